The van der Waals surface area contributed by atoms with Crippen molar-refractivity contribution >= 4 is 28.5 Å². The van der Waals surface area contributed by atoms with Gasteiger partial charge in [0.1, 0.15) is 0 Å². The normalized spacial score (nSPS) is 11.1. The Labute approximate surface area is 144 Å². The SMILES string of the molecule is Cn1cc(-c2cc(-c3ccc(Cl)cc3)nc(N)n2)c2ccccc21. The maximum Gasteiger partial charge on any atom is 0.221 e. The van der Waals surface area contributed by atoms with E-state index in [1.54, 1.807) is 0 Å². The Morgan fingerprint density at radius 2 is 1.67 bits per heavy atom. The second-order valence-electron chi connectivity index (χ2n) is 5.67. The largest absolute Gasteiger partial charge is 0.368 e. The van der Waals surface area contributed by atoms with Crippen molar-refractivity contribution in [2.75, 3.05) is 5.73 Å². The molecule has 0 aliphatic carbocycles. The molecule has 0 fully saturated rings. The summed E-state index contributed by atoms with van der Waals surface area (Å²) in [5.74, 6) is 0.255. The summed E-state index contributed by atoms with van der Waals surface area (Å²) in [7, 11) is 2.02. The van der Waals surface area contributed by atoms with Crippen molar-refractivity contribution in [3.63, 3.8) is 0 Å². The molecule has 0 aliphatic heterocycles. The van der Waals surface area contributed by atoms with Crippen LogP contribution in [0.2, 0.25) is 5.02 Å². The van der Waals surface area contributed by atoms with Crippen LogP contribution < -0.4 is 5.73 Å². The highest BCUT2D eigenvalue weighted by Crippen LogP contribution is 2.31. The van der Waals surface area contributed by atoms with Gasteiger partial charge < -0.3 is 10.3 Å². The third kappa shape index (κ3) is 2.51. The van der Waals surface area contributed by atoms with Gasteiger partial charge in [-0.15, -0.1) is 0 Å². The molecule has 0 saturated heterocycles. The van der Waals surface area contributed by atoms with Crippen LogP contribution in [0.15, 0.2) is 60.8 Å². The predicted molar refractivity (Wildman–Crippen MR) is 98.8 cm³/mol. The van der Waals surface area contributed by atoms with Crippen LogP contribution in [-0.4, -0.2) is 14.5 Å². The molecular formula is C19H15ClN4. The first-order valence-electron chi connectivity index (χ1n) is 7.57. The molecule has 4 aromatic rings. The Hall–Kier alpha value is -2.85. The first-order chi connectivity index (χ1) is 11.6. The molecule has 0 radical (unpaired) electrons. The highest BCUT2D eigenvalue weighted by atomic mass is 35.5. The maximum atomic E-state index is 5.97. The number of hydrogen-bond donors (Lipinski definition) is 1. The fraction of sp³-hybridized carbons (Fsp3) is 0.0526. The molecule has 0 unspecified atom stereocenters. The minimum absolute atomic E-state index is 0.255. The number of fused-ring (bicyclic) bond motifs is 1. The van der Waals surface area contributed by atoms with Gasteiger partial charge in [-0.1, -0.05) is 41.9 Å². The zero-order valence-electron chi connectivity index (χ0n) is 13.1. The molecule has 4 nitrogen and oxygen atoms in total. The summed E-state index contributed by atoms with van der Waals surface area (Å²) in [5.41, 5.74) is 10.7. The van der Waals surface area contributed by atoms with Crippen molar-refractivity contribution < 1.29 is 0 Å². The van der Waals surface area contributed by atoms with Gasteiger partial charge in [0, 0.05) is 40.3 Å². The molecule has 2 N–H and O–H groups in total. The summed E-state index contributed by atoms with van der Waals surface area (Å²) in [4.78, 5) is 8.80. The molecule has 4 rings (SSSR count). The van der Waals surface area contributed by atoms with E-state index < -0.39 is 0 Å². The number of para-hydroxylation sites is 1. The molecule has 0 aliphatic rings. The molecular weight excluding hydrogens is 320 g/mol. The van der Waals surface area contributed by atoms with Crippen molar-refractivity contribution in [2.24, 2.45) is 7.05 Å². The molecule has 2 heterocycles. The first-order valence-corrected chi connectivity index (χ1v) is 7.94. The molecule has 118 valence electrons. The predicted octanol–water partition coefficient (Wildman–Crippen LogP) is 4.54. The summed E-state index contributed by atoms with van der Waals surface area (Å²) in [6.45, 7) is 0. The first kappa shape index (κ1) is 14.7. The topological polar surface area (TPSA) is 56.7 Å². The standard InChI is InChI=1S/C19H15ClN4/c1-24-11-15(14-4-2-3-5-18(14)24)17-10-16(22-19(21)23-17)12-6-8-13(20)9-7-12/h2-11H,1H3,(H2,21,22,23). The van der Waals surface area contributed by atoms with Gasteiger partial charge in [-0.05, 0) is 24.3 Å². The van der Waals surface area contributed by atoms with Gasteiger partial charge in [0.2, 0.25) is 5.95 Å². The molecule has 0 atom stereocenters. The third-order valence-electron chi connectivity index (χ3n) is 4.06. The zero-order valence-corrected chi connectivity index (χ0v) is 13.8. The van der Waals surface area contributed by atoms with Gasteiger partial charge in [-0.3, -0.25) is 0 Å². The van der Waals surface area contributed by atoms with Gasteiger partial charge in [-0.25, -0.2) is 9.97 Å². The lowest BCUT2D eigenvalue weighted by molar-refractivity contribution is 0.969. The van der Waals surface area contributed by atoms with E-state index in [-0.39, 0.29) is 5.95 Å². The number of anilines is 1. The fourth-order valence-corrected chi connectivity index (χ4v) is 3.04. The highest BCUT2D eigenvalue weighted by molar-refractivity contribution is 6.30. The van der Waals surface area contributed by atoms with E-state index >= 15 is 0 Å². The van der Waals surface area contributed by atoms with Gasteiger partial charge in [0.05, 0.1) is 11.4 Å². The van der Waals surface area contributed by atoms with Crippen molar-refractivity contribution in [1.82, 2.24) is 14.5 Å². The molecule has 0 spiro atoms. The number of benzene rings is 2. The fourth-order valence-electron chi connectivity index (χ4n) is 2.92. The highest BCUT2D eigenvalue weighted by Gasteiger charge is 2.12. The van der Waals surface area contributed by atoms with Crippen LogP contribution in [0, 0.1) is 0 Å². The minimum atomic E-state index is 0.255. The zero-order chi connectivity index (χ0) is 16.7. The number of nitrogen functional groups attached to an aromatic ring is 1. The second kappa shape index (κ2) is 5.65. The number of hydrogen-bond acceptors (Lipinski definition) is 3. The van der Waals surface area contributed by atoms with Crippen LogP contribution in [0.3, 0.4) is 0 Å². The molecule has 2 aromatic heterocycles. The van der Waals surface area contributed by atoms with E-state index in [0.717, 1.165) is 33.4 Å². The molecule has 0 amide bonds. The van der Waals surface area contributed by atoms with Crippen molar-refractivity contribution in [3.05, 3.63) is 65.8 Å². The Morgan fingerprint density at radius 3 is 2.46 bits per heavy atom. The summed E-state index contributed by atoms with van der Waals surface area (Å²) >= 11 is 5.97. The van der Waals surface area contributed by atoms with Crippen LogP contribution in [-0.2, 0) is 7.05 Å². The summed E-state index contributed by atoms with van der Waals surface area (Å²) in [5, 5.41) is 1.83. The average molecular weight is 335 g/mol. The maximum absolute atomic E-state index is 5.97. The number of nitrogens with zero attached hydrogens (tertiary/aromatic N) is 3. The number of aryl methyl sites for hydroxylation is 1. The quantitative estimate of drug-likeness (QED) is 0.585. The lowest BCUT2D eigenvalue weighted by Gasteiger charge is -2.06. The van der Waals surface area contributed by atoms with E-state index in [0.29, 0.717) is 5.02 Å². The van der Waals surface area contributed by atoms with E-state index in [1.165, 1.54) is 0 Å². The second-order valence-corrected chi connectivity index (χ2v) is 6.11. The smallest absolute Gasteiger partial charge is 0.221 e. The average Bonchev–Trinajstić information content (AvgIpc) is 2.92. The Kier molecular flexibility index (Phi) is 3.47. The molecule has 5 heteroatoms. The van der Waals surface area contributed by atoms with Crippen LogP contribution >= 0.6 is 11.6 Å². The summed E-state index contributed by atoms with van der Waals surface area (Å²) < 4.78 is 2.09. The summed E-state index contributed by atoms with van der Waals surface area (Å²) in [6, 6.07) is 17.7. The van der Waals surface area contributed by atoms with Crippen molar-refractivity contribution in [1.29, 1.82) is 0 Å². The van der Waals surface area contributed by atoms with Crippen LogP contribution in [0.1, 0.15) is 0 Å². The van der Waals surface area contributed by atoms with Crippen molar-refractivity contribution in [2.45, 2.75) is 0 Å². The van der Waals surface area contributed by atoms with Crippen LogP contribution in [0.25, 0.3) is 33.4 Å². The Morgan fingerprint density at radius 1 is 0.958 bits per heavy atom. The van der Waals surface area contributed by atoms with E-state index in [1.807, 2.05) is 49.5 Å². The Balaban J connectivity index is 1.91. The lowest BCUT2D eigenvalue weighted by Crippen LogP contribution is -1.98. The van der Waals surface area contributed by atoms with Gasteiger partial charge in [-0.2, -0.15) is 0 Å². The lowest BCUT2D eigenvalue weighted by atomic mass is 10.1. The van der Waals surface area contributed by atoms with Crippen LogP contribution in [0.5, 0.6) is 0 Å². The van der Waals surface area contributed by atoms with Crippen molar-refractivity contribution in [3.8, 4) is 22.5 Å². The molecule has 24 heavy (non-hydrogen) atoms. The van der Waals surface area contributed by atoms with Gasteiger partial charge in [0.25, 0.3) is 0 Å². The van der Waals surface area contributed by atoms with E-state index in [4.69, 9.17) is 17.3 Å². The molecule has 0 saturated carbocycles. The van der Waals surface area contributed by atoms with E-state index in [9.17, 15) is 0 Å². The molecule has 0 bridgehead atoms. The number of rotatable bonds is 2. The van der Waals surface area contributed by atoms with Gasteiger partial charge in [0.15, 0.2) is 0 Å². The van der Waals surface area contributed by atoms with Crippen LogP contribution in [0.4, 0.5) is 5.95 Å². The summed E-state index contributed by atoms with van der Waals surface area (Å²) in [6.07, 6.45) is 2.07. The monoisotopic (exact) mass is 334 g/mol. The number of aromatic nitrogens is 3. The molecule has 2 aromatic carbocycles. The Bertz CT molecular complexity index is 1040. The third-order valence-corrected chi connectivity index (χ3v) is 4.31. The minimum Gasteiger partial charge on any atom is -0.368 e. The van der Waals surface area contributed by atoms with E-state index in [2.05, 4.69) is 32.9 Å². The number of nitrogens with two attached hydrogens (primary N) is 1. The van der Waals surface area contributed by atoms with Gasteiger partial charge >= 0.3 is 0 Å². The number of halogens is 1.